The van der Waals surface area contributed by atoms with Crippen molar-refractivity contribution in [3.63, 3.8) is 0 Å². The van der Waals surface area contributed by atoms with E-state index in [0.717, 1.165) is 16.0 Å². The molecule has 4 rings (SSSR count). The minimum absolute atomic E-state index is 0.408. The van der Waals surface area contributed by atoms with Gasteiger partial charge < -0.3 is 14.8 Å². The van der Waals surface area contributed by atoms with Gasteiger partial charge in [0.05, 0.1) is 11.7 Å². The van der Waals surface area contributed by atoms with Crippen LogP contribution in [0.25, 0.3) is 0 Å². The van der Waals surface area contributed by atoms with Crippen molar-refractivity contribution in [1.29, 1.82) is 0 Å². The Kier molecular flexibility index (Phi) is 7.30. The third kappa shape index (κ3) is 5.39. The average molecular weight is 529 g/mol. The molecule has 7 nitrogen and oxygen atoms in total. The zero-order valence-corrected chi connectivity index (χ0v) is 23.6. The van der Waals surface area contributed by atoms with Gasteiger partial charge in [-0.2, -0.15) is 0 Å². The van der Waals surface area contributed by atoms with Crippen LogP contribution in [0.5, 0.6) is 0 Å². The number of amides is 3. The van der Waals surface area contributed by atoms with E-state index in [0.29, 0.717) is 16.8 Å². The zero-order valence-electron chi connectivity index (χ0n) is 23.6. The summed E-state index contributed by atoms with van der Waals surface area (Å²) in [5.41, 5.74) is 0.114. The second-order valence-corrected chi connectivity index (χ2v) is 11.7. The van der Waals surface area contributed by atoms with Gasteiger partial charge >= 0.3 is 12.2 Å². The fraction of sp³-hybridized carbons (Fsp3) is 0.344. The molecule has 3 amide bonds. The van der Waals surface area contributed by atoms with Gasteiger partial charge in [0.25, 0.3) is 5.91 Å². The Morgan fingerprint density at radius 1 is 0.795 bits per heavy atom. The van der Waals surface area contributed by atoms with Gasteiger partial charge in [-0.05, 0) is 76.8 Å². The Balaban J connectivity index is 2.03. The highest BCUT2D eigenvalue weighted by Gasteiger charge is 2.60. The van der Waals surface area contributed by atoms with E-state index in [9.17, 15) is 14.4 Å². The minimum atomic E-state index is -1.50. The highest BCUT2D eigenvalue weighted by molar-refractivity contribution is 6.23. The van der Waals surface area contributed by atoms with Crippen LogP contribution in [0.4, 0.5) is 15.3 Å². The van der Waals surface area contributed by atoms with Crippen LogP contribution in [-0.4, -0.2) is 29.3 Å². The number of alkyl carbamates (subject to hydrolysis) is 1. The van der Waals surface area contributed by atoms with Crippen LogP contribution >= 0.6 is 0 Å². The summed E-state index contributed by atoms with van der Waals surface area (Å²) in [5, 5.41) is 3.03. The van der Waals surface area contributed by atoms with Crippen molar-refractivity contribution >= 4 is 23.8 Å². The first-order valence-electron chi connectivity index (χ1n) is 13.0. The maximum Gasteiger partial charge on any atom is 0.421 e. The zero-order chi connectivity index (χ0) is 28.6. The number of ether oxygens (including phenoxy) is 2. The maximum atomic E-state index is 14.8. The predicted molar refractivity (Wildman–Crippen MR) is 151 cm³/mol. The van der Waals surface area contributed by atoms with Crippen molar-refractivity contribution in [3.8, 4) is 0 Å². The van der Waals surface area contributed by atoms with E-state index in [2.05, 4.69) is 5.32 Å². The third-order valence-electron chi connectivity index (χ3n) is 6.51. The summed E-state index contributed by atoms with van der Waals surface area (Å²) in [6, 6.07) is 23.0. The highest BCUT2D eigenvalue weighted by Crippen LogP contribution is 2.53. The Hall–Kier alpha value is -4.13. The van der Waals surface area contributed by atoms with Crippen molar-refractivity contribution < 1.29 is 23.9 Å². The van der Waals surface area contributed by atoms with Crippen LogP contribution in [0.1, 0.15) is 69.8 Å². The lowest BCUT2D eigenvalue weighted by Gasteiger charge is -2.38. The van der Waals surface area contributed by atoms with Gasteiger partial charge in [0.1, 0.15) is 16.6 Å². The lowest BCUT2D eigenvalue weighted by atomic mass is 9.67. The Bertz CT molecular complexity index is 1390. The Labute approximate surface area is 230 Å². The molecular formula is C32H36N2O5. The van der Waals surface area contributed by atoms with E-state index in [-0.39, 0.29) is 0 Å². The number of imide groups is 1. The summed E-state index contributed by atoms with van der Waals surface area (Å²) >= 11 is 0. The first kappa shape index (κ1) is 27.9. The first-order chi connectivity index (χ1) is 18.3. The van der Waals surface area contributed by atoms with Crippen LogP contribution < -0.4 is 10.2 Å². The first-order valence-corrected chi connectivity index (χ1v) is 13.0. The monoisotopic (exact) mass is 528 g/mol. The van der Waals surface area contributed by atoms with E-state index in [1.165, 1.54) is 0 Å². The van der Waals surface area contributed by atoms with E-state index in [4.69, 9.17) is 9.47 Å². The molecule has 0 fully saturated rings. The topological polar surface area (TPSA) is 84.9 Å². The molecule has 0 aliphatic carbocycles. The van der Waals surface area contributed by atoms with Gasteiger partial charge in [0.15, 0.2) is 0 Å². The SMILES string of the molecule is Cc1ccccc1[C@H](NC(=O)OC(C)(C)C)[C@@]1(c2ccccc2)C(=O)N(C(=O)OC(C)(C)C)c2ccccc21. The number of benzene rings is 3. The van der Waals surface area contributed by atoms with Crippen molar-refractivity contribution in [3.05, 3.63) is 101 Å². The average Bonchev–Trinajstić information content (AvgIpc) is 3.10. The molecule has 3 aromatic carbocycles. The summed E-state index contributed by atoms with van der Waals surface area (Å²) in [6.45, 7) is 12.5. The summed E-state index contributed by atoms with van der Waals surface area (Å²) in [4.78, 5) is 42.8. The molecule has 7 heteroatoms. The summed E-state index contributed by atoms with van der Waals surface area (Å²) < 4.78 is 11.4. The predicted octanol–water partition coefficient (Wildman–Crippen LogP) is 6.83. The molecule has 1 aliphatic rings. The van der Waals surface area contributed by atoms with Gasteiger partial charge in [-0.15, -0.1) is 0 Å². The minimum Gasteiger partial charge on any atom is -0.444 e. The Morgan fingerprint density at radius 3 is 1.97 bits per heavy atom. The lowest BCUT2D eigenvalue weighted by molar-refractivity contribution is -0.122. The van der Waals surface area contributed by atoms with Gasteiger partial charge in [-0.3, -0.25) is 4.79 Å². The molecule has 0 radical (unpaired) electrons. The van der Waals surface area contributed by atoms with Crippen LogP contribution in [0.15, 0.2) is 78.9 Å². The number of carbonyl (C=O) groups is 3. The highest BCUT2D eigenvalue weighted by atomic mass is 16.6. The molecule has 1 aliphatic heterocycles. The van der Waals surface area contributed by atoms with Crippen LogP contribution in [0.2, 0.25) is 0 Å². The standard InChI is InChI=1S/C32H36N2O5/c1-21-15-11-12-18-23(21)26(33-28(36)38-30(2,3)4)32(22-16-9-8-10-17-22)24-19-13-14-20-25(24)34(27(32)35)29(37)39-31(5,6)7/h8-20,26H,1-7H3,(H,33,36)/t26-,32-/m0/s1. The molecule has 2 atom stereocenters. The van der Waals surface area contributed by atoms with Crippen LogP contribution in [0, 0.1) is 6.92 Å². The van der Waals surface area contributed by atoms with Gasteiger partial charge in [0.2, 0.25) is 0 Å². The van der Waals surface area contributed by atoms with Gasteiger partial charge in [-0.1, -0.05) is 72.8 Å². The number of nitrogens with one attached hydrogen (secondary N) is 1. The van der Waals surface area contributed by atoms with Crippen molar-refractivity contribution in [2.24, 2.45) is 0 Å². The van der Waals surface area contributed by atoms with E-state index in [1.54, 1.807) is 53.7 Å². The second kappa shape index (κ2) is 10.2. The molecule has 1 N–H and O–H groups in total. The number of anilines is 1. The molecule has 3 aromatic rings. The quantitative estimate of drug-likeness (QED) is 0.401. The molecule has 0 aromatic heterocycles. The molecule has 0 saturated heterocycles. The number of carbonyl (C=O) groups excluding carboxylic acids is 3. The molecular weight excluding hydrogens is 492 g/mol. The Morgan fingerprint density at radius 2 is 1.36 bits per heavy atom. The van der Waals surface area contributed by atoms with Gasteiger partial charge in [0, 0.05) is 0 Å². The van der Waals surface area contributed by atoms with E-state index < -0.39 is 40.8 Å². The molecule has 0 spiro atoms. The number of nitrogens with zero attached hydrogens (tertiary/aromatic N) is 1. The number of hydrogen-bond donors (Lipinski definition) is 1. The fourth-order valence-corrected chi connectivity index (χ4v) is 5.07. The molecule has 204 valence electrons. The maximum absolute atomic E-state index is 14.8. The third-order valence-corrected chi connectivity index (χ3v) is 6.51. The molecule has 1 heterocycles. The lowest BCUT2D eigenvalue weighted by Crippen LogP contribution is -2.53. The summed E-state index contributed by atoms with van der Waals surface area (Å²) in [6.07, 6.45) is -1.45. The van der Waals surface area contributed by atoms with E-state index in [1.807, 2.05) is 73.7 Å². The number of rotatable bonds is 4. The van der Waals surface area contributed by atoms with Crippen LogP contribution in [-0.2, 0) is 19.7 Å². The van der Waals surface area contributed by atoms with Gasteiger partial charge in [-0.25, -0.2) is 14.5 Å². The van der Waals surface area contributed by atoms with Crippen molar-refractivity contribution in [2.75, 3.05) is 4.90 Å². The van der Waals surface area contributed by atoms with Crippen molar-refractivity contribution in [1.82, 2.24) is 5.32 Å². The number of fused-ring (bicyclic) bond motifs is 1. The summed E-state index contributed by atoms with van der Waals surface area (Å²) in [7, 11) is 0. The van der Waals surface area contributed by atoms with Crippen LogP contribution in [0.3, 0.4) is 0 Å². The summed E-state index contributed by atoms with van der Waals surface area (Å²) in [5.74, 6) is -0.520. The second-order valence-electron chi connectivity index (χ2n) is 11.7. The number of para-hydroxylation sites is 1. The number of aryl methyl sites for hydroxylation is 1. The van der Waals surface area contributed by atoms with Crippen molar-refractivity contribution in [2.45, 2.75) is 71.1 Å². The molecule has 0 bridgehead atoms. The fourth-order valence-electron chi connectivity index (χ4n) is 5.07. The van der Waals surface area contributed by atoms with E-state index >= 15 is 0 Å². The smallest absolute Gasteiger partial charge is 0.421 e. The molecule has 0 saturated carbocycles. The normalized spacial score (nSPS) is 17.8. The molecule has 39 heavy (non-hydrogen) atoms. The molecule has 0 unspecified atom stereocenters. The largest absolute Gasteiger partial charge is 0.444 e. The number of hydrogen-bond acceptors (Lipinski definition) is 5.